The van der Waals surface area contributed by atoms with Crippen LogP contribution in [0.3, 0.4) is 0 Å². The lowest BCUT2D eigenvalue weighted by Gasteiger charge is -1.97. The summed E-state index contributed by atoms with van der Waals surface area (Å²) in [6.07, 6.45) is 0.992. The molecule has 1 nitrogen and oxygen atoms in total. The summed E-state index contributed by atoms with van der Waals surface area (Å²) in [7, 11) is 0. The van der Waals surface area contributed by atoms with Gasteiger partial charge >= 0.3 is 0 Å². The summed E-state index contributed by atoms with van der Waals surface area (Å²) < 4.78 is 0. The van der Waals surface area contributed by atoms with Crippen molar-refractivity contribution in [2.45, 2.75) is 6.42 Å². The highest BCUT2D eigenvalue weighted by molar-refractivity contribution is 8.02. The Morgan fingerprint density at radius 2 is 2.56 bits per heavy atom. The number of rotatable bonds is 2. The fourth-order valence-corrected chi connectivity index (χ4v) is 1.77. The lowest BCUT2D eigenvalue weighted by molar-refractivity contribution is 0.965. The van der Waals surface area contributed by atoms with Crippen LogP contribution in [0.4, 0.5) is 0 Å². The van der Waals surface area contributed by atoms with E-state index in [1.807, 2.05) is 11.8 Å². The molecular weight excluding hydrogens is 130 g/mol. The minimum atomic E-state index is 0.741. The predicted molar refractivity (Wildman–Crippen MR) is 43.4 cm³/mol. The standard InChI is InChI=1S/C7H11NS/c1-6-4-9-5-7(6)2-3-8/h5H,1-4,8H2. The topological polar surface area (TPSA) is 26.0 Å². The van der Waals surface area contributed by atoms with Gasteiger partial charge < -0.3 is 5.73 Å². The van der Waals surface area contributed by atoms with Crippen LogP contribution in [0.5, 0.6) is 0 Å². The second-order valence-corrected chi connectivity index (χ2v) is 2.95. The monoisotopic (exact) mass is 141 g/mol. The quantitative estimate of drug-likeness (QED) is 0.631. The Morgan fingerprint density at radius 1 is 1.78 bits per heavy atom. The fraction of sp³-hybridized carbons (Fsp3) is 0.429. The average molecular weight is 141 g/mol. The molecule has 1 heterocycles. The first-order valence-electron chi connectivity index (χ1n) is 3.03. The summed E-state index contributed by atoms with van der Waals surface area (Å²) in [6.45, 7) is 4.65. The predicted octanol–water partition coefficient (Wildman–Crippen LogP) is 1.52. The molecule has 1 rings (SSSR count). The Labute approximate surface area is 60.0 Å². The molecule has 0 atom stereocenters. The lowest BCUT2D eigenvalue weighted by atomic mass is 10.1. The number of thioether (sulfide) groups is 1. The van der Waals surface area contributed by atoms with Gasteiger partial charge in [-0.05, 0) is 29.5 Å². The highest BCUT2D eigenvalue weighted by Gasteiger charge is 2.07. The maximum absolute atomic E-state index is 5.38. The highest BCUT2D eigenvalue weighted by Crippen LogP contribution is 2.27. The van der Waals surface area contributed by atoms with E-state index >= 15 is 0 Å². The van der Waals surface area contributed by atoms with E-state index < -0.39 is 0 Å². The first kappa shape index (κ1) is 6.90. The van der Waals surface area contributed by atoms with Crippen molar-refractivity contribution in [2.24, 2.45) is 5.73 Å². The van der Waals surface area contributed by atoms with Gasteiger partial charge in [0.25, 0.3) is 0 Å². The number of nitrogens with two attached hydrogens (primary N) is 1. The minimum absolute atomic E-state index is 0.741. The minimum Gasteiger partial charge on any atom is -0.330 e. The van der Waals surface area contributed by atoms with Crippen molar-refractivity contribution in [3.63, 3.8) is 0 Å². The molecule has 0 radical (unpaired) electrons. The molecule has 2 N–H and O–H groups in total. The van der Waals surface area contributed by atoms with Crippen molar-refractivity contribution < 1.29 is 0 Å². The second-order valence-electron chi connectivity index (χ2n) is 2.10. The zero-order valence-corrected chi connectivity index (χ0v) is 6.21. The first-order chi connectivity index (χ1) is 4.34. The van der Waals surface area contributed by atoms with Crippen molar-refractivity contribution in [3.05, 3.63) is 23.1 Å². The summed E-state index contributed by atoms with van der Waals surface area (Å²) in [5.41, 5.74) is 7.98. The smallest absolute Gasteiger partial charge is 0.0223 e. The van der Waals surface area contributed by atoms with Gasteiger partial charge in [-0.15, -0.1) is 11.8 Å². The Balaban J connectivity index is 2.47. The summed E-state index contributed by atoms with van der Waals surface area (Å²) in [5.74, 6) is 1.06. The third-order valence-corrected chi connectivity index (χ3v) is 2.32. The number of hydrogen-bond acceptors (Lipinski definition) is 2. The molecular formula is C7H11NS. The third-order valence-electron chi connectivity index (χ3n) is 1.35. The number of hydrogen-bond donors (Lipinski definition) is 1. The molecule has 0 spiro atoms. The van der Waals surface area contributed by atoms with Crippen LogP contribution in [0.25, 0.3) is 0 Å². The molecule has 0 saturated carbocycles. The van der Waals surface area contributed by atoms with E-state index in [0.29, 0.717) is 0 Å². The van der Waals surface area contributed by atoms with Gasteiger partial charge in [-0.1, -0.05) is 6.58 Å². The average Bonchev–Trinajstić information content (AvgIpc) is 2.18. The Kier molecular flexibility index (Phi) is 2.37. The first-order valence-corrected chi connectivity index (χ1v) is 4.08. The summed E-state index contributed by atoms with van der Waals surface area (Å²) in [6, 6.07) is 0. The van der Waals surface area contributed by atoms with Gasteiger partial charge in [0.15, 0.2) is 0 Å². The molecule has 0 aromatic carbocycles. The maximum Gasteiger partial charge on any atom is 0.0223 e. The van der Waals surface area contributed by atoms with Gasteiger partial charge in [0.2, 0.25) is 0 Å². The molecule has 1 aliphatic heterocycles. The lowest BCUT2D eigenvalue weighted by Crippen LogP contribution is -2.00. The zero-order valence-electron chi connectivity index (χ0n) is 5.39. The maximum atomic E-state index is 5.38. The van der Waals surface area contributed by atoms with E-state index in [0.717, 1.165) is 18.7 Å². The molecule has 2 heteroatoms. The normalized spacial score (nSPS) is 18.3. The van der Waals surface area contributed by atoms with Crippen LogP contribution in [0.1, 0.15) is 6.42 Å². The second kappa shape index (κ2) is 3.08. The fourth-order valence-electron chi connectivity index (χ4n) is 0.810. The van der Waals surface area contributed by atoms with Crippen LogP contribution in [0, 0.1) is 0 Å². The van der Waals surface area contributed by atoms with Gasteiger partial charge in [-0.25, -0.2) is 0 Å². The SMILES string of the molecule is C=C1CSC=C1CCN. The molecule has 0 aromatic heterocycles. The van der Waals surface area contributed by atoms with Crippen molar-refractivity contribution in [1.82, 2.24) is 0 Å². The van der Waals surface area contributed by atoms with Crippen molar-refractivity contribution in [3.8, 4) is 0 Å². The van der Waals surface area contributed by atoms with Gasteiger partial charge in [0.1, 0.15) is 0 Å². The van der Waals surface area contributed by atoms with Crippen LogP contribution in [0.2, 0.25) is 0 Å². The zero-order chi connectivity index (χ0) is 6.69. The van der Waals surface area contributed by atoms with E-state index in [1.54, 1.807) is 0 Å². The molecule has 1 aliphatic rings. The van der Waals surface area contributed by atoms with Crippen molar-refractivity contribution in [1.29, 1.82) is 0 Å². The van der Waals surface area contributed by atoms with Gasteiger partial charge in [-0.2, -0.15) is 0 Å². The molecule has 50 valence electrons. The Hall–Kier alpha value is -0.210. The van der Waals surface area contributed by atoms with E-state index in [4.69, 9.17) is 5.73 Å². The van der Waals surface area contributed by atoms with Crippen LogP contribution < -0.4 is 5.73 Å². The van der Waals surface area contributed by atoms with Crippen molar-refractivity contribution in [2.75, 3.05) is 12.3 Å². The summed E-state index contributed by atoms with van der Waals surface area (Å²) in [4.78, 5) is 0. The van der Waals surface area contributed by atoms with Gasteiger partial charge in [0.05, 0.1) is 0 Å². The van der Waals surface area contributed by atoms with E-state index in [9.17, 15) is 0 Å². The Bertz CT molecular complexity index is 149. The Morgan fingerprint density at radius 3 is 3.00 bits per heavy atom. The van der Waals surface area contributed by atoms with E-state index in [2.05, 4.69) is 12.0 Å². The summed E-state index contributed by atoms with van der Waals surface area (Å²) in [5, 5.41) is 2.16. The molecule has 0 bridgehead atoms. The van der Waals surface area contributed by atoms with Crippen LogP contribution in [-0.2, 0) is 0 Å². The van der Waals surface area contributed by atoms with Crippen molar-refractivity contribution >= 4 is 11.8 Å². The molecule has 0 aromatic rings. The largest absolute Gasteiger partial charge is 0.330 e. The van der Waals surface area contributed by atoms with E-state index in [1.165, 1.54) is 11.1 Å². The van der Waals surface area contributed by atoms with Gasteiger partial charge in [-0.3, -0.25) is 0 Å². The molecule has 9 heavy (non-hydrogen) atoms. The third kappa shape index (κ3) is 1.60. The van der Waals surface area contributed by atoms with Crippen LogP contribution in [0.15, 0.2) is 23.1 Å². The molecule has 0 amide bonds. The van der Waals surface area contributed by atoms with Crippen LogP contribution in [-0.4, -0.2) is 12.3 Å². The molecule has 0 fully saturated rings. The summed E-state index contributed by atoms with van der Waals surface area (Å²) >= 11 is 1.81. The molecule has 0 unspecified atom stereocenters. The molecule has 0 saturated heterocycles. The van der Waals surface area contributed by atoms with Gasteiger partial charge in [0, 0.05) is 5.75 Å². The molecule has 0 aliphatic carbocycles. The highest BCUT2D eigenvalue weighted by atomic mass is 32.2. The van der Waals surface area contributed by atoms with E-state index in [-0.39, 0.29) is 0 Å². The van der Waals surface area contributed by atoms with Crippen LogP contribution >= 0.6 is 11.8 Å².